The fraction of sp³-hybridized carbons (Fsp3) is 0.421. The van der Waals surface area contributed by atoms with Crippen LogP contribution in [-0.2, 0) is 21.2 Å². The Morgan fingerprint density at radius 3 is 2.59 bits per heavy atom. The van der Waals surface area contributed by atoms with E-state index in [0.717, 1.165) is 11.3 Å². The highest BCUT2D eigenvalue weighted by atomic mass is 32.2. The van der Waals surface area contributed by atoms with Crippen molar-refractivity contribution in [2.75, 3.05) is 22.8 Å². The van der Waals surface area contributed by atoms with Crippen LogP contribution < -0.4 is 14.4 Å². The molecule has 0 unspecified atom stereocenters. The number of thiophene rings is 1. The molecule has 0 fully saturated rings. The molecule has 3 rings (SSSR count). The zero-order chi connectivity index (χ0) is 19.8. The molecular weight excluding hydrogens is 384 g/mol. The van der Waals surface area contributed by atoms with E-state index in [2.05, 4.69) is 4.72 Å². The maximum Gasteiger partial charge on any atom is 0.271 e. The molecule has 2 aromatic rings. The molecule has 8 heteroatoms. The number of aryl methyl sites for hydroxylation is 1. The lowest BCUT2D eigenvalue weighted by Crippen LogP contribution is -2.42. The molecule has 6 nitrogen and oxygen atoms in total. The summed E-state index contributed by atoms with van der Waals surface area (Å²) < 4.78 is 34.0. The first-order chi connectivity index (χ1) is 12.7. The van der Waals surface area contributed by atoms with Crippen molar-refractivity contribution < 1.29 is 17.9 Å². The van der Waals surface area contributed by atoms with Gasteiger partial charge in [-0.15, -0.1) is 11.3 Å². The molecule has 146 valence electrons. The molecule has 1 amide bonds. The average molecular weight is 409 g/mol. The number of nitrogens with zero attached hydrogens (tertiary/aromatic N) is 1. The zero-order valence-corrected chi connectivity index (χ0v) is 17.5. The second-order valence-corrected chi connectivity index (χ2v) is 10.2. The summed E-state index contributed by atoms with van der Waals surface area (Å²) in [6.45, 7) is 8.32. The van der Waals surface area contributed by atoms with Crippen LogP contribution >= 0.6 is 11.3 Å². The Morgan fingerprint density at radius 2 is 1.96 bits per heavy atom. The minimum atomic E-state index is -3.66. The number of carbonyl (C=O) groups is 1. The van der Waals surface area contributed by atoms with Gasteiger partial charge in [0.05, 0.1) is 16.8 Å². The van der Waals surface area contributed by atoms with Crippen LogP contribution in [0.15, 0.2) is 34.5 Å². The summed E-state index contributed by atoms with van der Waals surface area (Å²) in [4.78, 5) is 15.4. The van der Waals surface area contributed by atoms with Crippen molar-refractivity contribution in [3.8, 4) is 5.75 Å². The topological polar surface area (TPSA) is 75.7 Å². The smallest absolute Gasteiger partial charge is 0.271 e. The molecule has 1 aromatic heterocycles. The summed E-state index contributed by atoms with van der Waals surface area (Å²) in [6, 6.07) is 8.46. The first-order valence-corrected chi connectivity index (χ1v) is 11.2. The highest BCUT2D eigenvalue weighted by Gasteiger charge is 2.37. The van der Waals surface area contributed by atoms with Crippen LogP contribution in [0.1, 0.15) is 32.6 Å². The summed E-state index contributed by atoms with van der Waals surface area (Å²) in [7, 11) is -3.66. The molecule has 1 aliphatic rings. The lowest BCUT2D eigenvalue weighted by molar-refractivity contribution is -0.127. The van der Waals surface area contributed by atoms with Crippen LogP contribution in [-0.4, -0.2) is 27.5 Å². The van der Waals surface area contributed by atoms with Crippen molar-refractivity contribution in [3.63, 3.8) is 0 Å². The van der Waals surface area contributed by atoms with Gasteiger partial charge in [-0.3, -0.25) is 9.52 Å². The highest BCUT2D eigenvalue weighted by molar-refractivity contribution is 7.94. The number of amides is 1. The van der Waals surface area contributed by atoms with Crippen LogP contribution in [0.5, 0.6) is 5.75 Å². The maximum atomic E-state index is 12.7. The van der Waals surface area contributed by atoms with E-state index in [1.54, 1.807) is 29.2 Å². The van der Waals surface area contributed by atoms with Crippen LogP contribution in [0.3, 0.4) is 0 Å². The molecule has 0 saturated carbocycles. The highest BCUT2D eigenvalue weighted by Crippen LogP contribution is 2.38. The Labute approximate surface area is 164 Å². The zero-order valence-electron chi connectivity index (χ0n) is 15.9. The van der Waals surface area contributed by atoms with Crippen LogP contribution in [0.25, 0.3) is 0 Å². The fourth-order valence-electron chi connectivity index (χ4n) is 2.92. The standard InChI is InChI=1S/C19H24N2O4S2/c1-5-14-8-10-17(26-14)27(23,24)20-13-7-9-15-16(11-13)25-12-19(3,4)18(22)21(15)6-2/h7-11,20H,5-6,12H2,1-4H3. The Kier molecular flexibility index (Phi) is 5.22. The predicted molar refractivity (Wildman–Crippen MR) is 108 cm³/mol. The molecular formula is C19H24N2O4S2. The number of hydrogen-bond donors (Lipinski definition) is 1. The van der Waals surface area contributed by atoms with E-state index in [4.69, 9.17) is 4.74 Å². The Hall–Kier alpha value is -2.06. The number of benzene rings is 1. The minimum Gasteiger partial charge on any atom is -0.490 e. The molecule has 2 heterocycles. The van der Waals surface area contributed by atoms with E-state index in [9.17, 15) is 13.2 Å². The van der Waals surface area contributed by atoms with Gasteiger partial charge in [-0.2, -0.15) is 0 Å². The molecule has 0 bridgehead atoms. The molecule has 0 saturated heterocycles. The summed E-state index contributed by atoms with van der Waals surface area (Å²) in [5.41, 5.74) is 0.409. The fourth-order valence-corrected chi connectivity index (χ4v) is 5.27. The third-order valence-corrected chi connectivity index (χ3v) is 7.58. The van der Waals surface area contributed by atoms with E-state index in [1.165, 1.54) is 11.3 Å². The van der Waals surface area contributed by atoms with Crippen molar-refractivity contribution in [1.29, 1.82) is 0 Å². The van der Waals surface area contributed by atoms with Crippen molar-refractivity contribution in [3.05, 3.63) is 35.2 Å². The molecule has 0 atom stereocenters. The van der Waals surface area contributed by atoms with Gasteiger partial charge in [-0.1, -0.05) is 6.92 Å². The lowest BCUT2D eigenvalue weighted by Gasteiger charge is -2.26. The van der Waals surface area contributed by atoms with Crippen molar-refractivity contribution >= 4 is 38.6 Å². The van der Waals surface area contributed by atoms with E-state index < -0.39 is 15.4 Å². The minimum absolute atomic E-state index is 0.0113. The third kappa shape index (κ3) is 3.82. The number of ether oxygens (including phenoxy) is 1. The number of sulfonamides is 1. The average Bonchev–Trinajstić information content (AvgIpc) is 3.08. The first kappa shape index (κ1) is 19.7. The normalized spacial score (nSPS) is 16.4. The molecule has 1 aromatic carbocycles. The van der Waals surface area contributed by atoms with Gasteiger partial charge in [0.1, 0.15) is 16.6 Å². The van der Waals surface area contributed by atoms with Crippen LogP contribution in [0.2, 0.25) is 0 Å². The molecule has 0 aliphatic carbocycles. The van der Waals surface area contributed by atoms with E-state index in [-0.39, 0.29) is 16.7 Å². The van der Waals surface area contributed by atoms with Gasteiger partial charge < -0.3 is 9.64 Å². The molecule has 1 aliphatic heterocycles. The third-order valence-electron chi connectivity index (χ3n) is 4.48. The number of fused-ring (bicyclic) bond motifs is 1. The second-order valence-electron chi connectivity index (χ2n) is 7.08. The monoisotopic (exact) mass is 408 g/mol. The number of nitrogens with one attached hydrogen (secondary N) is 1. The number of rotatable bonds is 5. The number of hydrogen-bond acceptors (Lipinski definition) is 5. The van der Waals surface area contributed by atoms with E-state index >= 15 is 0 Å². The summed E-state index contributed by atoms with van der Waals surface area (Å²) in [6.07, 6.45) is 0.795. The Bertz CT molecular complexity index is 964. The Morgan fingerprint density at radius 1 is 1.22 bits per heavy atom. The van der Waals surface area contributed by atoms with Gasteiger partial charge in [-0.25, -0.2) is 8.42 Å². The second kappa shape index (κ2) is 7.16. The predicted octanol–water partition coefficient (Wildman–Crippen LogP) is 3.88. The molecule has 1 N–H and O–H groups in total. The van der Waals surface area contributed by atoms with Crippen LogP contribution in [0.4, 0.5) is 11.4 Å². The largest absolute Gasteiger partial charge is 0.490 e. The van der Waals surface area contributed by atoms with Crippen molar-refractivity contribution in [2.24, 2.45) is 5.41 Å². The number of anilines is 2. The van der Waals surface area contributed by atoms with Gasteiger partial charge in [0.25, 0.3) is 10.0 Å². The van der Waals surface area contributed by atoms with Gasteiger partial charge >= 0.3 is 0 Å². The number of carbonyl (C=O) groups excluding carboxylic acids is 1. The van der Waals surface area contributed by atoms with Gasteiger partial charge in [0.2, 0.25) is 5.91 Å². The van der Waals surface area contributed by atoms with Gasteiger partial charge in [0.15, 0.2) is 0 Å². The quantitative estimate of drug-likeness (QED) is 0.815. The van der Waals surface area contributed by atoms with Gasteiger partial charge in [-0.05, 0) is 51.5 Å². The summed E-state index contributed by atoms with van der Waals surface area (Å²) in [5, 5.41) is 0. The van der Waals surface area contributed by atoms with E-state index in [1.807, 2.05) is 33.8 Å². The lowest BCUT2D eigenvalue weighted by atomic mass is 9.93. The SMILES string of the molecule is CCc1ccc(S(=O)(=O)Nc2ccc3c(c2)OCC(C)(C)C(=O)N3CC)s1. The molecule has 0 radical (unpaired) electrons. The molecule has 27 heavy (non-hydrogen) atoms. The summed E-state index contributed by atoms with van der Waals surface area (Å²) >= 11 is 1.26. The van der Waals surface area contributed by atoms with Crippen LogP contribution in [0, 0.1) is 5.41 Å². The summed E-state index contributed by atoms with van der Waals surface area (Å²) in [5.74, 6) is 0.485. The molecule has 0 spiro atoms. The van der Waals surface area contributed by atoms with Crippen molar-refractivity contribution in [2.45, 2.75) is 38.3 Å². The van der Waals surface area contributed by atoms with Gasteiger partial charge in [0, 0.05) is 17.5 Å². The van der Waals surface area contributed by atoms with E-state index in [0.29, 0.717) is 23.7 Å². The maximum absolute atomic E-state index is 12.7. The first-order valence-electron chi connectivity index (χ1n) is 8.88. The van der Waals surface area contributed by atoms with Crippen molar-refractivity contribution in [1.82, 2.24) is 0 Å². The Balaban J connectivity index is 1.92.